The summed E-state index contributed by atoms with van der Waals surface area (Å²) in [5.74, 6) is -0.0253. The minimum Gasteiger partial charge on any atom is -0.349 e. The Bertz CT molecular complexity index is 755. The Labute approximate surface area is 153 Å². The Morgan fingerprint density at radius 3 is 2.60 bits per heavy atom. The van der Waals surface area contributed by atoms with Gasteiger partial charge in [-0.05, 0) is 48.8 Å². The van der Waals surface area contributed by atoms with Crippen LogP contribution < -0.4 is 5.32 Å². The Kier molecular flexibility index (Phi) is 5.92. The van der Waals surface area contributed by atoms with Crippen LogP contribution in [0.1, 0.15) is 53.2 Å². The fourth-order valence-corrected chi connectivity index (χ4v) is 3.73. The minimum atomic E-state index is -0.0456. The number of amides is 1. The van der Waals surface area contributed by atoms with Crippen molar-refractivity contribution in [2.45, 2.75) is 43.0 Å². The highest BCUT2D eigenvalue weighted by molar-refractivity contribution is 7.98. The highest BCUT2D eigenvalue weighted by Gasteiger charge is 2.21. The van der Waals surface area contributed by atoms with Gasteiger partial charge in [-0.15, -0.1) is 11.8 Å². The molecule has 0 saturated heterocycles. The van der Waals surface area contributed by atoms with Gasteiger partial charge in [-0.3, -0.25) is 9.59 Å². The molecule has 1 aliphatic rings. The number of benzene rings is 2. The molecule has 0 aliphatic heterocycles. The lowest BCUT2D eigenvalue weighted by Crippen LogP contribution is -2.31. The third-order valence-electron chi connectivity index (χ3n) is 4.70. The first kappa shape index (κ1) is 17.7. The van der Waals surface area contributed by atoms with Crippen molar-refractivity contribution in [3.63, 3.8) is 0 Å². The highest BCUT2D eigenvalue weighted by atomic mass is 32.2. The van der Waals surface area contributed by atoms with E-state index >= 15 is 0 Å². The van der Waals surface area contributed by atoms with Gasteiger partial charge < -0.3 is 5.32 Å². The second-order valence-electron chi connectivity index (χ2n) is 6.36. The second-order valence-corrected chi connectivity index (χ2v) is 7.24. The van der Waals surface area contributed by atoms with E-state index in [2.05, 4.69) is 17.4 Å². The SMILES string of the molecule is CSc1ccc(C(=O)CCC(=O)N[C@H]2CCCc3ccccc32)cc1. The topological polar surface area (TPSA) is 46.2 Å². The van der Waals surface area contributed by atoms with Crippen LogP contribution >= 0.6 is 11.8 Å². The number of carbonyl (C=O) groups excluding carboxylic acids is 2. The number of aryl methyl sites for hydroxylation is 1. The zero-order chi connectivity index (χ0) is 17.6. The molecule has 1 aliphatic carbocycles. The van der Waals surface area contributed by atoms with Crippen LogP contribution in [0.15, 0.2) is 53.4 Å². The number of Topliss-reactive ketones (excluding diaryl/α,β-unsaturated/α-hetero) is 1. The van der Waals surface area contributed by atoms with Crippen molar-refractivity contribution >= 4 is 23.5 Å². The number of carbonyl (C=O) groups is 2. The molecular formula is C21H23NO2S. The molecule has 2 aromatic carbocycles. The fraction of sp³-hybridized carbons (Fsp3) is 0.333. The lowest BCUT2D eigenvalue weighted by atomic mass is 9.87. The summed E-state index contributed by atoms with van der Waals surface area (Å²) < 4.78 is 0. The number of hydrogen-bond acceptors (Lipinski definition) is 3. The van der Waals surface area contributed by atoms with Crippen LogP contribution in [0.4, 0.5) is 0 Å². The van der Waals surface area contributed by atoms with Crippen molar-refractivity contribution in [3.05, 3.63) is 65.2 Å². The molecule has 0 spiro atoms. The van der Waals surface area contributed by atoms with Crippen LogP contribution in [-0.2, 0) is 11.2 Å². The quantitative estimate of drug-likeness (QED) is 0.611. The summed E-state index contributed by atoms with van der Waals surface area (Å²) in [6, 6.07) is 15.9. The molecule has 1 N–H and O–H groups in total. The molecule has 4 heteroatoms. The summed E-state index contributed by atoms with van der Waals surface area (Å²) in [5.41, 5.74) is 3.22. The summed E-state index contributed by atoms with van der Waals surface area (Å²) in [6.07, 6.45) is 5.62. The van der Waals surface area contributed by atoms with Crippen LogP contribution in [-0.4, -0.2) is 17.9 Å². The van der Waals surface area contributed by atoms with Crippen molar-refractivity contribution in [3.8, 4) is 0 Å². The highest BCUT2D eigenvalue weighted by Crippen LogP contribution is 2.29. The molecule has 0 heterocycles. The predicted molar refractivity (Wildman–Crippen MR) is 102 cm³/mol. The first-order valence-corrected chi connectivity index (χ1v) is 9.94. The maximum absolute atomic E-state index is 12.3. The smallest absolute Gasteiger partial charge is 0.220 e. The molecule has 0 bridgehead atoms. The number of fused-ring (bicyclic) bond motifs is 1. The average molecular weight is 353 g/mol. The molecule has 25 heavy (non-hydrogen) atoms. The number of ketones is 1. The van der Waals surface area contributed by atoms with Gasteiger partial charge in [0.05, 0.1) is 6.04 Å². The predicted octanol–water partition coefficient (Wildman–Crippen LogP) is 4.57. The lowest BCUT2D eigenvalue weighted by molar-refractivity contribution is -0.121. The van der Waals surface area contributed by atoms with Crippen LogP contribution in [0.25, 0.3) is 0 Å². The summed E-state index contributed by atoms with van der Waals surface area (Å²) in [7, 11) is 0. The third-order valence-corrected chi connectivity index (χ3v) is 5.44. The summed E-state index contributed by atoms with van der Waals surface area (Å²) in [6.45, 7) is 0. The zero-order valence-electron chi connectivity index (χ0n) is 14.5. The Hall–Kier alpha value is -2.07. The Morgan fingerprint density at radius 2 is 1.84 bits per heavy atom. The zero-order valence-corrected chi connectivity index (χ0v) is 15.3. The van der Waals surface area contributed by atoms with Gasteiger partial charge >= 0.3 is 0 Å². The molecule has 3 nitrogen and oxygen atoms in total. The summed E-state index contributed by atoms with van der Waals surface area (Å²) in [5, 5.41) is 3.11. The maximum Gasteiger partial charge on any atom is 0.220 e. The van der Waals surface area contributed by atoms with E-state index in [-0.39, 0.29) is 30.6 Å². The monoisotopic (exact) mass is 353 g/mol. The van der Waals surface area contributed by atoms with E-state index in [1.165, 1.54) is 11.1 Å². The van der Waals surface area contributed by atoms with E-state index in [0.717, 1.165) is 24.2 Å². The van der Waals surface area contributed by atoms with Crippen molar-refractivity contribution in [1.82, 2.24) is 5.32 Å². The lowest BCUT2D eigenvalue weighted by Gasteiger charge is -2.26. The number of thioether (sulfide) groups is 1. The molecule has 2 aromatic rings. The van der Waals surface area contributed by atoms with E-state index in [9.17, 15) is 9.59 Å². The van der Waals surface area contributed by atoms with Gasteiger partial charge in [0.15, 0.2) is 5.78 Å². The van der Waals surface area contributed by atoms with E-state index in [0.29, 0.717) is 5.56 Å². The number of nitrogens with one attached hydrogen (secondary N) is 1. The molecule has 0 radical (unpaired) electrons. The van der Waals surface area contributed by atoms with Crippen molar-refractivity contribution < 1.29 is 9.59 Å². The van der Waals surface area contributed by atoms with Gasteiger partial charge in [0, 0.05) is 23.3 Å². The van der Waals surface area contributed by atoms with Crippen LogP contribution in [0, 0.1) is 0 Å². The van der Waals surface area contributed by atoms with Gasteiger partial charge in [-0.2, -0.15) is 0 Å². The standard InChI is InChI=1S/C21H23NO2S/c1-25-17-11-9-16(10-12-17)20(23)13-14-21(24)22-19-8-4-6-15-5-2-3-7-18(15)19/h2-3,5,7,9-12,19H,4,6,8,13-14H2,1H3,(H,22,24)/t19-/m0/s1. The van der Waals surface area contributed by atoms with E-state index in [4.69, 9.17) is 0 Å². The van der Waals surface area contributed by atoms with Crippen molar-refractivity contribution in [2.24, 2.45) is 0 Å². The Balaban J connectivity index is 1.54. The van der Waals surface area contributed by atoms with Gasteiger partial charge in [-0.1, -0.05) is 36.4 Å². The molecule has 1 amide bonds. The van der Waals surface area contributed by atoms with Crippen molar-refractivity contribution in [2.75, 3.05) is 6.26 Å². The van der Waals surface area contributed by atoms with Gasteiger partial charge in [-0.25, -0.2) is 0 Å². The first-order valence-electron chi connectivity index (χ1n) is 8.72. The van der Waals surface area contributed by atoms with Crippen LogP contribution in [0.3, 0.4) is 0 Å². The summed E-state index contributed by atoms with van der Waals surface area (Å²) in [4.78, 5) is 25.7. The van der Waals surface area contributed by atoms with E-state index < -0.39 is 0 Å². The molecule has 0 aromatic heterocycles. The molecule has 130 valence electrons. The third kappa shape index (κ3) is 4.51. The van der Waals surface area contributed by atoms with Crippen molar-refractivity contribution in [1.29, 1.82) is 0 Å². The van der Waals surface area contributed by atoms with Gasteiger partial charge in [0.2, 0.25) is 5.91 Å². The second kappa shape index (κ2) is 8.34. The van der Waals surface area contributed by atoms with Crippen LogP contribution in [0.2, 0.25) is 0 Å². The van der Waals surface area contributed by atoms with E-state index in [1.54, 1.807) is 11.8 Å². The van der Waals surface area contributed by atoms with Gasteiger partial charge in [0.25, 0.3) is 0 Å². The fourth-order valence-electron chi connectivity index (χ4n) is 3.32. The first-order chi connectivity index (χ1) is 12.2. The van der Waals surface area contributed by atoms with Crippen LogP contribution in [0.5, 0.6) is 0 Å². The molecular weight excluding hydrogens is 330 g/mol. The normalized spacial score (nSPS) is 16.1. The van der Waals surface area contributed by atoms with Gasteiger partial charge in [0.1, 0.15) is 0 Å². The number of hydrogen-bond donors (Lipinski definition) is 1. The molecule has 3 rings (SSSR count). The molecule has 0 fully saturated rings. The summed E-state index contributed by atoms with van der Waals surface area (Å²) >= 11 is 1.65. The Morgan fingerprint density at radius 1 is 1.08 bits per heavy atom. The average Bonchev–Trinajstić information content (AvgIpc) is 2.66. The molecule has 0 saturated carbocycles. The molecule has 1 atom stereocenters. The van der Waals surface area contributed by atoms with E-state index in [1.807, 2.05) is 42.7 Å². The largest absolute Gasteiger partial charge is 0.349 e. The number of rotatable bonds is 6. The minimum absolute atomic E-state index is 0.0202. The molecule has 0 unspecified atom stereocenters. The maximum atomic E-state index is 12.3.